The van der Waals surface area contributed by atoms with Gasteiger partial charge in [-0.05, 0) is 12.1 Å². The fourth-order valence-electron chi connectivity index (χ4n) is 2.11. The maximum absolute atomic E-state index is 12.5. The molecule has 0 unspecified atom stereocenters. The maximum atomic E-state index is 12.5. The van der Waals surface area contributed by atoms with Gasteiger partial charge in [0, 0.05) is 23.9 Å². The lowest BCUT2D eigenvalue weighted by molar-refractivity contribution is -0.385. The number of rotatable bonds is 6. The van der Waals surface area contributed by atoms with E-state index >= 15 is 0 Å². The first kappa shape index (κ1) is 20.7. The lowest BCUT2D eigenvalue weighted by atomic mass is 10.1. The number of carbonyl (C=O) groups is 1. The number of benzene rings is 2. The van der Waals surface area contributed by atoms with E-state index in [1.807, 2.05) is 0 Å². The Balaban J connectivity index is 2.28. The molecule has 0 saturated carbocycles. The zero-order chi connectivity index (χ0) is 20.2. The first-order chi connectivity index (χ1) is 12.6. The molecule has 1 atom stereocenters. The fourth-order valence-corrected chi connectivity index (χ4v) is 2.44. The molecule has 12 heteroatoms. The first-order valence-corrected chi connectivity index (χ1v) is 8.35. The molecule has 0 heterocycles. The third-order valence-corrected chi connectivity index (χ3v) is 3.97. The van der Waals surface area contributed by atoms with E-state index in [9.17, 15) is 25.0 Å². The van der Waals surface area contributed by atoms with Crippen molar-refractivity contribution in [1.82, 2.24) is 5.32 Å². The zero-order valence-corrected chi connectivity index (χ0v) is 15.5. The van der Waals surface area contributed by atoms with Gasteiger partial charge in [0.25, 0.3) is 17.3 Å². The van der Waals surface area contributed by atoms with Crippen LogP contribution in [-0.4, -0.2) is 25.7 Å². The van der Waals surface area contributed by atoms with Gasteiger partial charge in [-0.1, -0.05) is 53.0 Å². The summed E-state index contributed by atoms with van der Waals surface area (Å²) in [5.41, 5.74) is -0.674. The smallest absolute Gasteiger partial charge is 0.282 e. The molecule has 0 saturated heterocycles. The zero-order valence-electron chi connectivity index (χ0n) is 13.3. The van der Waals surface area contributed by atoms with Crippen LogP contribution in [0.4, 0.5) is 17.1 Å². The second kappa shape index (κ2) is 8.38. The summed E-state index contributed by atoms with van der Waals surface area (Å²) >= 11 is 17.6. The molecular formula is C15H11Cl3N4O5. The van der Waals surface area contributed by atoms with Gasteiger partial charge in [-0.15, -0.1) is 0 Å². The van der Waals surface area contributed by atoms with Crippen molar-refractivity contribution in [3.63, 3.8) is 0 Å². The highest BCUT2D eigenvalue weighted by Crippen LogP contribution is 2.32. The number of alkyl halides is 3. The van der Waals surface area contributed by atoms with Crippen LogP contribution in [0.15, 0.2) is 48.5 Å². The van der Waals surface area contributed by atoms with Crippen LogP contribution in [0, 0.1) is 20.2 Å². The lowest BCUT2D eigenvalue weighted by Gasteiger charge is -2.27. The maximum Gasteiger partial charge on any atom is 0.282 e. The number of hydrogen-bond acceptors (Lipinski definition) is 6. The summed E-state index contributed by atoms with van der Waals surface area (Å²) < 4.78 is -2.07. The molecule has 27 heavy (non-hydrogen) atoms. The molecule has 0 radical (unpaired) electrons. The van der Waals surface area contributed by atoms with Crippen LogP contribution in [0.1, 0.15) is 10.4 Å². The van der Waals surface area contributed by atoms with Gasteiger partial charge in [-0.2, -0.15) is 0 Å². The number of hydrogen-bond donors (Lipinski definition) is 2. The highest BCUT2D eigenvalue weighted by Gasteiger charge is 2.35. The molecule has 0 spiro atoms. The standard InChI is InChI=1S/C15H11Cl3N4O5/c16-15(17,18)14(19-9-4-3-5-10(8-9)21(24)25)20-13(23)11-6-1-2-7-12(11)22(26)27/h1-8,14,19H,(H,20,23)/t14-/m0/s1. The molecule has 142 valence electrons. The van der Waals surface area contributed by atoms with Gasteiger partial charge >= 0.3 is 0 Å². The van der Waals surface area contributed by atoms with Gasteiger partial charge in [0.15, 0.2) is 0 Å². The minimum atomic E-state index is -2.07. The van der Waals surface area contributed by atoms with Crippen LogP contribution in [0.25, 0.3) is 0 Å². The number of non-ortho nitro benzene ring substituents is 1. The van der Waals surface area contributed by atoms with Crippen molar-refractivity contribution in [3.05, 3.63) is 74.3 Å². The van der Waals surface area contributed by atoms with Crippen molar-refractivity contribution in [3.8, 4) is 0 Å². The number of nitro groups is 2. The Labute approximate surface area is 167 Å². The summed E-state index contributed by atoms with van der Waals surface area (Å²) in [6.07, 6.45) is -1.34. The average molecular weight is 434 g/mol. The Morgan fingerprint density at radius 3 is 2.26 bits per heavy atom. The van der Waals surface area contributed by atoms with Gasteiger partial charge in [-0.3, -0.25) is 25.0 Å². The Kier molecular flexibility index (Phi) is 6.42. The molecule has 0 fully saturated rings. The van der Waals surface area contributed by atoms with Crippen molar-refractivity contribution in [1.29, 1.82) is 0 Å². The molecule has 0 aliphatic rings. The van der Waals surface area contributed by atoms with Crippen molar-refractivity contribution in [2.75, 3.05) is 5.32 Å². The van der Waals surface area contributed by atoms with Crippen molar-refractivity contribution in [2.24, 2.45) is 0 Å². The predicted octanol–water partition coefficient (Wildman–Crippen LogP) is 4.04. The van der Waals surface area contributed by atoms with Crippen molar-refractivity contribution in [2.45, 2.75) is 9.96 Å². The quantitative estimate of drug-likeness (QED) is 0.306. The van der Waals surface area contributed by atoms with E-state index in [2.05, 4.69) is 10.6 Å². The van der Waals surface area contributed by atoms with E-state index in [4.69, 9.17) is 34.8 Å². The Morgan fingerprint density at radius 2 is 1.67 bits per heavy atom. The summed E-state index contributed by atoms with van der Waals surface area (Å²) in [5, 5.41) is 26.9. The van der Waals surface area contributed by atoms with E-state index < -0.39 is 31.4 Å². The number of nitro benzene ring substituents is 2. The van der Waals surface area contributed by atoms with Crippen molar-refractivity contribution < 1.29 is 14.6 Å². The second-order valence-electron chi connectivity index (χ2n) is 5.17. The molecule has 2 aromatic carbocycles. The van der Waals surface area contributed by atoms with Crippen LogP contribution in [0.3, 0.4) is 0 Å². The predicted molar refractivity (Wildman–Crippen MR) is 101 cm³/mol. The van der Waals surface area contributed by atoms with E-state index in [0.717, 1.165) is 6.07 Å². The average Bonchev–Trinajstić information content (AvgIpc) is 2.60. The fraction of sp³-hybridized carbons (Fsp3) is 0.133. The monoisotopic (exact) mass is 432 g/mol. The van der Waals surface area contributed by atoms with E-state index in [1.165, 1.54) is 42.5 Å². The summed E-state index contributed by atoms with van der Waals surface area (Å²) in [5.74, 6) is -0.864. The summed E-state index contributed by atoms with van der Waals surface area (Å²) in [4.78, 5) is 33.1. The third kappa shape index (κ3) is 5.43. The third-order valence-electron chi connectivity index (χ3n) is 3.32. The minimum Gasteiger partial charge on any atom is -0.362 e. The van der Waals surface area contributed by atoms with E-state index in [-0.39, 0.29) is 16.9 Å². The van der Waals surface area contributed by atoms with Crippen LogP contribution in [0.2, 0.25) is 0 Å². The van der Waals surface area contributed by atoms with Crippen LogP contribution in [0.5, 0.6) is 0 Å². The molecule has 2 N–H and O–H groups in total. The van der Waals surface area contributed by atoms with Crippen LogP contribution < -0.4 is 10.6 Å². The number of nitrogens with zero attached hydrogens (tertiary/aromatic N) is 2. The molecule has 0 aliphatic carbocycles. The first-order valence-electron chi connectivity index (χ1n) is 7.21. The Hall–Kier alpha value is -2.62. The van der Waals surface area contributed by atoms with Gasteiger partial charge in [0.05, 0.1) is 9.85 Å². The summed E-state index contributed by atoms with van der Waals surface area (Å²) in [6, 6.07) is 10.6. The Bertz CT molecular complexity index is 888. The number of anilines is 1. The molecule has 9 nitrogen and oxygen atoms in total. The molecule has 0 bridgehead atoms. The van der Waals surface area contributed by atoms with Gasteiger partial charge < -0.3 is 10.6 Å². The summed E-state index contributed by atoms with van der Waals surface area (Å²) in [7, 11) is 0. The SMILES string of the molecule is O=C(N[C@H](Nc1cccc([N+](=O)[O-])c1)C(Cl)(Cl)Cl)c1ccccc1[N+](=O)[O-]. The number of nitrogens with one attached hydrogen (secondary N) is 2. The second-order valence-corrected chi connectivity index (χ2v) is 7.54. The molecule has 2 aromatic rings. The highest BCUT2D eigenvalue weighted by molar-refractivity contribution is 6.68. The lowest BCUT2D eigenvalue weighted by Crippen LogP contribution is -2.49. The van der Waals surface area contributed by atoms with Crippen LogP contribution in [-0.2, 0) is 0 Å². The number of halogens is 3. The molecule has 2 rings (SSSR count). The van der Waals surface area contributed by atoms with E-state index in [0.29, 0.717) is 0 Å². The van der Waals surface area contributed by atoms with Gasteiger partial charge in [0.1, 0.15) is 11.7 Å². The molecule has 0 aromatic heterocycles. The highest BCUT2D eigenvalue weighted by atomic mass is 35.6. The molecule has 0 aliphatic heterocycles. The topological polar surface area (TPSA) is 127 Å². The minimum absolute atomic E-state index is 0.198. The van der Waals surface area contributed by atoms with Crippen LogP contribution >= 0.6 is 34.8 Å². The normalized spacial score (nSPS) is 12.1. The van der Waals surface area contributed by atoms with Gasteiger partial charge in [0.2, 0.25) is 3.79 Å². The van der Waals surface area contributed by atoms with E-state index in [1.54, 1.807) is 0 Å². The van der Waals surface area contributed by atoms with Crippen molar-refractivity contribution >= 4 is 57.8 Å². The molecular weight excluding hydrogens is 423 g/mol. The largest absolute Gasteiger partial charge is 0.362 e. The Morgan fingerprint density at radius 1 is 1.00 bits per heavy atom. The van der Waals surface area contributed by atoms with Gasteiger partial charge in [-0.25, -0.2) is 0 Å². The molecule has 1 amide bonds. The summed E-state index contributed by atoms with van der Waals surface area (Å²) in [6.45, 7) is 0. The number of amides is 1. The number of carbonyl (C=O) groups excluding carboxylic acids is 1. The number of para-hydroxylation sites is 1.